The first-order valence-corrected chi connectivity index (χ1v) is 10.4. The highest BCUT2D eigenvalue weighted by atomic mass is 16.7. The van der Waals surface area contributed by atoms with Crippen LogP contribution in [0.25, 0.3) is 0 Å². The molecular formula is C25H22N2O4. The quantitative estimate of drug-likeness (QED) is 0.588. The highest BCUT2D eigenvalue weighted by molar-refractivity contribution is 6.24. The number of fused-ring (bicyclic) bond motifs is 1. The lowest BCUT2D eigenvalue weighted by Gasteiger charge is -2.29. The number of hydroxylamine groups is 1. The molecule has 2 aliphatic rings. The van der Waals surface area contributed by atoms with E-state index in [1.807, 2.05) is 73.7 Å². The minimum atomic E-state index is -0.896. The summed E-state index contributed by atoms with van der Waals surface area (Å²) in [5.41, 5.74) is 2.17. The summed E-state index contributed by atoms with van der Waals surface area (Å²) in [6, 6.07) is 25.9. The third kappa shape index (κ3) is 3.16. The molecule has 31 heavy (non-hydrogen) atoms. The number of nitrogens with zero attached hydrogens (tertiary/aromatic N) is 2. The van der Waals surface area contributed by atoms with Crippen LogP contribution in [0.5, 0.6) is 5.75 Å². The van der Waals surface area contributed by atoms with Crippen molar-refractivity contribution in [3.63, 3.8) is 0 Å². The molecule has 3 aromatic carbocycles. The molecule has 5 rings (SSSR count). The lowest BCUT2D eigenvalue weighted by atomic mass is 9.90. The van der Waals surface area contributed by atoms with Gasteiger partial charge in [0.2, 0.25) is 5.91 Å². The number of rotatable bonds is 5. The van der Waals surface area contributed by atoms with Gasteiger partial charge in [-0.05, 0) is 36.8 Å². The van der Waals surface area contributed by atoms with Gasteiger partial charge in [-0.2, -0.15) is 0 Å². The van der Waals surface area contributed by atoms with Crippen molar-refractivity contribution >= 4 is 23.2 Å². The van der Waals surface area contributed by atoms with Gasteiger partial charge in [0.1, 0.15) is 11.7 Å². The summed E-state index contributed by atoms with van der Waals surface area (Å²) in [4.78, 5) is 34.4. The minimum Gasteiger partial charge on any atom is -0.492 e. The van der Waals surface area contributed by atoms with Crippen molar-refractivity contribution in [2.75, 3.05) is 16.6 Å². The van der Waals surface area contributed by atoms with Gasteiger partial charge in [-0.25, -0.2) is 9.96 Å². The fraction of sp³-hybridized carbons (Fsp3) is 0.200. The summed E-state index contributed by atoms with van der Waals surface area (Å²) in [6.45, 7) is 2.30. The standard InChI is InChI=1S/C25H22N2O4/c1-2-30-20-16-10-9-15-19(20)26-24(28)21-22(17-11-5-3-6-12-17)27(31-23(21)25(26)29)18-13-7-4-8-14-18/h3-16,21-23H,2H2,1H3/t21-,22+,23+/m1/s1. The van der Waals surface area contributed by atoms with Crippen molar-refractivity contribution in [1.82, 2.24) is 0 Å². The van der Waals surface area contributed by atoms with Gasteiger partial charge in [0, 0.05) is 0 Å². The molecule has 0 bridgehead atoms. The molecule has 6 heteroatoms. The second-order valence-electron chi connectivity index (χ2n) is 7.48. The van der Waals surface area contributed by atoms with E-state index in [9.17, 15) is 9.59 Å². The lowest BCUT2D eigenvalue weighted by Crippen LogP contribution is -2.37. The van der Waals surface area contributed by atoms with E-state index in [0.29, 0.717) is 18.0 Å². The lowest BCUT2D eigenvalue weighted by molar-refractivity contribution is -0.126. The second kappa shape index (κ2) is 7.89. The Morgan fingerprint density at radius 2 is 1.48 bits per heavy atom. The number of hydrogen-bond donors (Lipinski definition) is 0. The number of amides is 2. The summed E-state index contributed by atoms with van der Waals surface area (Å²) >= 11 is 0. The highest BCUT2D eigenvalue weighted by Crippen LogP contribution is 2.48. The number of ether oxygens (including phenoxy) is 1. The third-order valence-corrected chi connectivity index (χ3v) is 5.67. The van der Waals surface area contributed by atoms with Crippen molar-refractivity contribution in [3.8, 4) is 5.75 Å². The Kier molecular flexibility index (Phi) is 4.92. The zero-order valence-corrected chi connectivity index (χ0v) is 17.0. The molecule has 2 aliphatic heterocycles. The van der Waals surface area contributed by atoms with Crippen LogP contribution in [0.1, 0.15) is 18.5 Å². The Morgan fingerprint density at radius 3 is 2.19 bits per heavy atom. The molecule has 0 N–H and O–H groups in total. The van der Waals surface area contributed by atoms with Gasteiger partial charge in [0.25, 0.3) is 5.91 Å². The van der Waals surface area contributed by atoms with Gasteiger partial charge >= 0.3 is 0 Å². The van der Waals surface area contributed by atoms with Crippen molar-refractivity contribution in [2.24, 2.45) is 5.92 Å². The number of carbonyl (C=O) groups excluding carboxylic acids is 2. The fourth-order valence-electron chi connectivity index (χ4n) is 4.36. The van der Waals surface area contributed by atoms with E-state index in [0.717, 1.165) is 11.3 Å². The summed E-state index contributed by atoms with van der Waals surface area (Å²) < 4.78 is 5.67. The molecule has 2 fully saturated rings. The zero-order valence-electron chi connectivity index (χ0n) is 17.0. The summed E-state index contributed by atoms with van der Waals surface area (Å²) in [5.74, 6) is -0.816. The predicted octanol–water partition coefficient (Wildman–Crippen LogP) is 4.14. The van der Waals surface area contributed by atoms with Crippen molar-refractivity contribution in [1.29, 1.82) is 0 Å². The average molecular weight is 414 g/mol. The maximum atomic E-state index is 13.7. The largest absolute Gasteiger partial charge is 0.492 e. The smallest absolute Gasteiger partial charge is 0.266 e. The second-order valence-corrected chi connectivity index (χ2v) is 7.48. The van der Waals surface area contributed by atoms with Crippen molar-refractivity contribution in [2.45, 2.75) is 19.1 Å². The SMILES string of the molecule is CCOc1ccccc1N1C(=O)[C@H]2[C@H](ON(c3ccccc3)[C@H]2c2ccccc2)C1=O. The van der Waals surface area contributed by atoms with E-state index >= 15 is 0 Å². The van der Waals surface area contributed by atoms with Gasteiger partial charge in [-0.15, -0.1) is 0 Å². The topological polar surface area (TPSA) is 59.1 Å². The molecule has 2 heterocycles. The summed E-state index contributed by atoms with van der Waals surface area (Å²) in [6.07, 6.45) is -0.896. The van der Waals surface area contributed by atoms with Crippen LogP contribution in [-0.4, -0.2) is 24.5 Å². The van der Waals surface area contributed by atoms with Crippen LogP contribution in [0.4, 0.5) is 11.4 Å². The molecule has 2 amide bonds. The molecule has 0 aromatic heterocycles. The van der Waals surface area contributed by atoms with E-state index in [2.05, 4.69) is 0 Å². The predicted molar refractivity (Wildman–Crippen MR) is 117 cm³/mol. The van der Waals surface area contributed by atoms with E-state index < -0.39 is 18.1 Å². The van der Waals surface area contributed by atoms with E-state index in [1.165, 1.54) is 4.90 Å². The molecule has 0 unspecified atom stereocenters. The Morgan fingerprint density at radius 1 is 0.839 bits per heavy atom. The number of benzene rings is 3. The molecule has 0 aliphatic carbocycles. The van der Waals surface area contributed by atoms with Gasteiger partial charge < -0.3 is 4.74 Å². The highest BCUT2D eigenvalue weighted by Gasteiger charge is 2.60. The summed E-state index contributed by atoms with van der Waals surface area (Å²) in [7, 11) is 0. The molecule has 6 nitrogen and oxygen atoms in total. The molecular weight excluding hydrogens is 392 g/mol. The number of carbonyl (C=O) groups is 2. The van der Waals surface area contributed by atoms with Gasteiger partial charge in [-0.3, -0.25) is 14.4 Å². The van der Waals surface area contributed by atoms with Crippen LogP contribution < -0.4 is 14.7 Å². The Balaban J connectivity index is 1.58. The third-order valence-electron chi connectivity index (χ3n) is 5.67. The first-order chi connectivity index (χ1) is 15.2. The van der Waals surface area contributed by atoms with Crippen LogP contribution in [0.2, 0.25) is 0 Å². The number of hydrogen-bond acceptors (Lipinski definition) is 5. The molecule has 156 valence electrons. The van der Waals surface area contributed by atoms with E-state index in [-0.39, 0.29) is 11.8 Å². The van der Waals surface area contributed by atoms with Crippen LogP contribution in [0.3, 0.4) is 0 Å². The molecule has 3 aromatic rings. The van der Waals surface area contributed by atoms with Gasteiger partial charge in [0.05, 0.1) is 24.0 Å². The minimum absolute atomic E-state index is 0.283. The van der Waals surface area contributed by atoms with Crippen molar-refractivity contribution < 1.29 is 19.2 Å². The Bertz CT molecular complexity index is 1100. The summed E-state index contributed by atoms with van der Waals surface area (Å²) in [5, 5.41) is 1.70. The molecule has 0 saturated carbocycles. The van der Waals surface area contributed by atoms with E-state index in [1.54, 1.807) is 23.3 Å². The Hall–Kier alpha value is -3.64. The van der Waals surface area contributed by atoms with Crippen LogP contribution >= 0.6 is 0 Å². The van der Waals surface area contributed by atoms with Crippen LogP contribution in [0, 0.1) is 5.92 Å². The van der Waals surface area contributed by atoms with Crippen molar-refractivity contribution in [3.05, 3.63) is 90.5 Å². The first kappa shape index (κ1) is 19.3. The normalized spacial score (nSPS) is 22.7. The van der Waals surface area contributed by atoms with Crippen LogP contribution in [0.15, 0.2) is 84.9 Å². The number of imide groups is 1. The number of anilines is 2. The van der Waals surface area contributed by atoms with Gasteiger partial charge in [-0.1, -0.05) is 60.7 Å². The van der Waals surface area contributed by atoms with E-state index in [4.69, 9.17) is 9.57 Å². The molecule has 2 saturated heterocycles. The first-order valence-electron chi connectivity index (χ1n) is 10.4. The monoisotopic (exact) mass is 414 g/mol. The maximum Gasteiger partial charge on any atom is 0.266 e. The molecule has 3 atom stereocenters. The number of para-hydroxylation sites is 3. The molecule has 0 radical (unpaired) electrons. The van der Waals surface area contributed by atoms with Crippen LogP contribution in [-0.2, 0) is 14.4 Å². The van der Waals surface area contributed by atoms with Gasteiger partial charge in [0.15, 0.2) is 6.10 Å². The fourth-order valence-corrected chi connectivity index (χ4v) is 4.36. The molecule has 0 spiro atoms. The average Bonchev–Trinajstić information content (AvgIpc) is 3.32. The zero-order chi connectivity index (χ0) is 21.4. The maximum absolute atomic E-state index is 13.7. The Labute approximate surface area is 180 Å².